The fraction of sp³-hybridized carbons (Fsp3) is 0.400. The Hall–Kier alpha value is -0.660. The van der Waals surface area contributed by atoms with Gasteiger partial charge in [-0.25, -0.2) is 4.39 Å². The van der Waals surface area contributed by atoms with Crippen molar-refractivity contribution in [2.24, 2.45) is 0 Å². The van der Waals surface area contributed by atoms with Crippen LogP contribution in [0.25, 0.3) is 0 Å². The molecule has 0 saturated heterocycles. The summed E-state index contributed by atoms with van der Waals surface area (Å²) in [4.78, 5) is 0. The van der Waals surface area contributed by atoms with Crippen molar-refractivity contribution in [1.82, 2.24) is 4.31 Å². The van der Waals surface area contributed by atoms with Gasteiger partial charge >= 0.3 is 10.2 Å². The fourth-order valence-electron chi connectivity index (χ4n) is 1.06. The van der Waals surface area contributed by atoms with Crippen LogP contribution in [0.1, 0.15) is 13.8 Å². The Balaban J connectivity index is 2.94. The van der Waals surface area contributed by atoms with Crippen molar-refractivity contribution < 1.29 is 12.8 Å². The van der Waals surface area contributed by atoms with Gasteiger partial charge in [-0.15, -0.1) is 0 Å². The Labute approximate surface area is 109 Å². The van der Waals surface area contributed by atoms with Gasteiger partial charge in [0, 0.05) is 13.1 Å². The molecule has 0 aliphatic rings. The van der Waals surface area contributed by atoms with Crippen LogP contribution in [0.2, 0.25) is 0 Å². The highest BCUT2D eigenvalue weighted by atomic mass is 79.9. The quantitative estimate of drug-likeness (QED) is 0.925. The highest BCUT2D eigenvalue weighted by Gasteiger charge is 2.20. The van der Waals surface area contributed by atoms with Crippen LogP contribution in [0.15, 0.2) is 22.7 Å². The first-order chi connectivity index (χ1) is 7.74. The minimum absolute atomic E-state index is 0.173. The number of nitrogens with one attached hydrogen (secondary N) is 1. The molecule has 0 amide bonds. The molecule has 96 valence electrons. The molecular formula is C10H14BrFN2O2S. The minimum atomic E-state index is -3.64. The molecule has 0 unspecified atom stereocenters. The van der Waals surface area contributed by atoms with E-state index in [1.807, 2.05) is 0 Å². The summed E-state index contributed by atoms with van der Waals surface area (Å²) >= 11 is 3.00. The van der Waals surface area contributed by atoms with Gasteiger partial charge in [-0.3, -0.25) is 4.72 Å². The summed E-state index contributed by atoms with van der Waals surface area (Å²) in [6.45, 7) is 3.50. The van der Waals surface area contributed by atoms with E-state index in [4.69, 9.17) is 0 Å². The summed E-state index contributed by atoms with van der Waals surface area (Å²) in [7, 11) is -2.18. The maximum Gasteiger partial charge on any atom is 0.301 e. The van der Waals surface area contributed by atoms with Crippen molar-refractivity contribution in [3.8, 4) is 0 Å². The van der Waals surface area contributed by atoms with E-state index in [0.29, 0.717) is 0 Å². The third-order valence-corrected chi connectivity index (χ3v) is 4.59. The second-order valence-corrected chi connectivity index (χ2v) is 6.43. The summed E-state index contributed by atoms with van der Waals surface area (Å²) in [6.07, 6.45) is 0. The molecule has 1 rings (SSSR count). The Morgan fingerprint density at radius 3 is 2.47 bits per heavy atom. The van der Waals surface area contributed by atoms with E-state index in [9.17, 15) is 12.8 Å². The van der Waals surface area contributed by atoms with Gasteiger partial charge < -0.3 is 0 Å². The number of hydrogen-bond donors (Lipinski definition) is 1. The molecule has 0 aromatic heterocycles. The van der Waals surface area contributed by atoms with Crippen LogP contribution in [-0.2, 0) is 10.2 Å². The first kappa shape index (κ1) is 14.4. The molecule has 0 spiro atoms. The third kappa shape index (κ3) is 3.65. The number of rotatable bonds is 4. The van der Waals surface area contributed by atoms with Crippen LogP contribution in [0.3, 0.4) is 0 Å². The largest absolute Gasteiger partial charge is 0.301 e. The van der Waals surface area contributed by atoms with Gasteiger partial charge in [0.1, 0.15) is 5.82 Å². The van der Waals surface area contributed by atoms with Crippen LogP contribution < -0.4 is 4.72 Å². The van der Waals surface area contributed by atoms with E-state index >= 15 is 0 Å². The zero-order valence-corrected chi connectivity index (χ0v) is 12.1. The van der Waals surface area contributed by atoms with Crippen molar-refractivity contribution in [3.05, 3.63) is 28.5 Å². The summed E-state index contributed by atoms with van der Waals surface area (Å²) in [5.41, 5.74) is 0.193. The second-order valence-electron chi connectivity index (χ2n) is 3.85. The number of hydrogen-bond acceptors (Lipinski definition) is 2. The Morgan fingerprint density at radius 1 is 1.41 bits per heavy atom. The molecule has 1 aromatic carbocycles. The standard InChI is InChI=1S/C10H14BrFN2O2S/c1-7(2)14(3)17(15,16)13-8-4-5-9(11)10(12)6-8/h4-7,13H,1-3H3. The maximum atomic E-state index is 13.2. The first-order valence-electron chi connectivity index (χ1n) is 4.95. The number of nitrogens with zero attached hydrogens (tertiary/aromatic N) is 1. The van der Waals surface area contributed by atoms with Gasteiger partial charge in [0.05, 0.1) is 10.2 Å². The molecule has 17 heavy (non-hydrogen) atoms. The normalized spacial score (nSPS) is 12.2. The van der Waals surface area contributed by atoms with Gasteiger partial charge in [-0.05, 0) is 48.0 Å². The Kier molecular flexibility index (Phi) is 4.51. The van der Waals surface area contributed by atoms with E-state index in [-0.39, 0.29) is 16.2 Å². The minimum Gasteiger partial charge on any atom is -0.271 e. The smallest absolute Gasteiger partial charge is 0.271 e. The molecule has 0 atom stereocenters. The average Bonchev–Trinajstić information content (AvgIpc) is 2.22. The lowest BCUT2D eigenvalue weighted by atomic mass is 10.3. The molecule has 1 aromatic rings. The SMILES string of the molecule is CC(C)N(C)S(=O)(=O)Nc1ccc(Br)c(F)c1. The number of anilines is 1. The molecule has 7 heteroatoms. The second kappa shape index (κ2) is 5.32. The molecule has 0 saturated carbocycles. The maximum absolute atomic E-state index is 13.2. The Morgan fingerprint density at radius 2 is 2.00 bits per heavy atom. The van der Waals surface area contributed by atoms with Crippen molar-refractivity contribution in [1.29, 1.82) is 0 Å². The van der Waals surface area contributed by atoms with E-state index in [1.165, 1.54) is 23.5 Å². The fourth-order valence-corrected chi connectivity index (χ4v) is 2.43. The van der Waals surface area contributed by atoms with Gasteiger partial charge in [0.2, 0.25) is 0 Å². The highest BCUT2D eigenvalue weighted by molar-refractivity contribution is 9.10. The summed E-state index contributed by atoms with van der Waals surface area (Å²) in [5, 5.41) is 0. The molecule has 0 fully saturated rings. The van der Waals surface area contributed by atoms with Crippen LogP contribution >= 0.6 is 15.9 Å². The van der Waals surface area contributed by atoms with Gasteiger partial charge in [-0.1, -0.05) is 0 Å². The number of halogens is 2. The molecule has 1 N–H and O–H groups in total. The summed E-state index contributed by atoms with van der Waals surface area (Å²) in [5.74, 6) is -0.516. The molecule has 0 heterocycles. The zero-order chi connectivity index (χ0) is 13.2. The topological polar surface area (TPSA) is 49.4 Å². The first-order valence-corrected chi connectivity index (χ1v) is 7.18. The predicted molar refractivity (Wildman–Crippen MR) is 69.5 cm³/mol. The van der Waals surface area contributed by atoms with Crippen LogP contribution in [0.5, 0.6) is 0 Å². The lowest BCUT2D eigenvalue weighted by Gasteiger charge is -2.21. The van der Waals surface area contributed by atoms with Crippen molar-refractivity contribution in [2.45, 2.75) is 19.9 Å². The van der Waals surface area contributed by atoms with Gasteiger partial charge in [-0.2, -0.15) is 12.7 Å². The van der Waals surface area contributed by atoms with Gasteiger partial charge in [0.15, 0.2) is 0 Å². The van der Waals surface area contributed by atoms with Crippen LogP contribution in [0.4, 0.5) is 10.1 Å². The zero-order valence-electron chi connectivity index (χ0n) is 9.74. The number of benzene rings is 1. The van der Waals surface area contributed by atoms with Gasteiger partial charge in [0.25, 0.3) is 0 Å². The van der Waals surface area contributed by atoms with E-state index in [1.54, 1.807) is 13.8 Å². The summed E-state index contributed by atoms with van der Waals surface area (Å²) < 4.78 is 40.6. The van der Waals surface area contributed by atoms with Crippen LogP contribution in [0, 0.1) is 5.82 Å². The third-order valence-electron chi connectivity index (χ3n) is 2.27. The highest BCUT2D eigenvalue weighted by Crippen LogP contribution is 2.20. The van der Waals surface area contributed by atoms with E-state index in [2.05, 4.69) is 20.7 Å². The van der Waals surface area contributed by atoms with Crippen molar-refractivity contribution >= 4 is 31.8 Å². The molecular weight excluding hydrogens is 311 g/mol. The molecule has 4 nitrogen and oxygen atoms in total. The molecule has 0 aliphatic carbocycles. The predicted octanol–water partition coefficient (Wildman–Crippen LogP) is 2.59. The van der Waals surface area contributed by atoms with Crippen LogP contribution in [-0.4, -0.2) is 25.8 Å². The van der Waals surface area contributed by atoms with E-state index in [0.717, 1.165) is 6.07 Å². The van der Waals surface area contributed by atoms with E-state index < -0.39 is 16.0 Å². The van der Waals surface area contributed by atoms with Crippen molar-refractivity contribution in [3.63, 3.8) is 0 Å². The molecule has 0 aliphatic heterocycles. The lowest BCUT2D eigenvalue weighted by Crippen LogP contribution is -2.37. The lowest BCUT2D eigenvalue weighted by molar-refractivity contribution is 0.414. The van der Waals surface area contributed by atoms with Crippen molar-refractivity contribution in [2.75, 3.05) is 11.8 Å². The Bertz CT molecular complexity index is 505. The molecule has 0 radical (unpaired) electrons. The summed E-state index contributed by atoms with van der Waals surface area (Å²) in [6, 6.07) is 3.88. The molecule has 0 bridgehead atoms. The average molecular weight is 325 g/mol. The monoisotopic (exact) mass is 324 g/mol.